The number of sulfonamides is 1. The fourth-order valence-corrected chi connectivity index (χ4v) is 14.7. The molecule has 9 N–H and O–H groups in total. The van der Waals surface area contributed by atoms with E-state index in [-0.39, 0.29) is 78.1 Å². The minimum Gasteiger partial charge on any atom is -0.286 e. The highest BCUT2D eigenvalue weighted by molar-refractivity contribution is 7.90. The van der Waals surface area contributed by atoms with Crippen LogP contribution in [0, 0.1) is 47.3 Å². The summed E-state index contributed by atoms with van der Waals surface area (Å²) in [5.74, 6) is 3.60. The predicted octanol–water partition coefficient (Wildman–Crippen LogP) is -0.0652. The molecule has 8 bridgehead atoms. The van der Waals surface area contributed by atoms with Crippen molar-refractivity contribution in [2.24, 2.45) is 47.3 Å². The van der Waals surface area contributed by atoms with E-state index in [4.69, 9.17) is 4.28 Å². The lowest BCUT2D eigenvalue weighted by molar-refractivity contribution is 0.167. The van der Waals surface area contributed by atoms with E-state index in [1.807, 2.05) is 0 Å². The van der Waals surface area contributed by atoms with Crippen LogP contribution in [0.3, 0.4) is 0 Å². The molecule has 284 valence electrons. The molecule has 5 heterocycles. The van der Waals surface area contributed by atoms with Crippen LogP contribution in [0.4, 0.5) is 0 Å². The Balaban J connectivity index is 0.00000361. The fourth-order valence-electron chi connectivity index (χ4n) is 12.6. The van der Waals surface area contributed by atoms with Gasteiger partial charge in [-0.25, -0.2) is 12.6 Å². The number of rotatable bonds is 5. The summed E-state index contributed by atoms with van der Waals surface area (Å²) in [5.41, 5.74) is 0. The minimum atomic E-state index is -3.88. The predicted molar refractivity (Wildman–Crippen MR) is 198 cm³/mol. The second-order valence-corrected chi connectivity index (χ2v) is 20.2. The summed E-state index contributed by atoms with van der Waals surface area (Å²) >= 11 is -1.70. The second kappa shape index (κ2) is 15.4. The summed E-state index contributed by atoms with van der Waals surface area (Å²) < 4.78 is 45.1. The summed E-state index contributed by atoms with van der Waals surface area (Å²) in [6.45, 7) is 1.72. The van der Waals surface area contributed by atoms with Gasteiger partial charge in [0.1, 0.15) is 0 Å². The largest absolute Gasteiger partial charge is 0.286 e. The zero-order valence-electron chi connectivity index (χ0n) is 29.1. The van der Waals surface area contributed by atoms with E-state index < -0.39 is 26.4 Å². The molecular formula is C34H64AlN9O4S2. The molecule has 9 rings (SSSR count). The van der Waals surface area contributed by atoms with Crippen LogP contribution in [0.1, 0.15) is 103 Å². The van der Waals surface area contributed by atoms with Crippen molar-refractivity contribution in [1.29, 1.82) is 0 Å². The van der Waals surface area contributed by atoms with Gasteiger partial charge < -0.3 is 0 Å². The number of hydrogen-bond acceptors (Lipinski definition) is 12. The molecule has 0 aromatic rings. The van der Waals surface area contributed by atoms with E-state index in [9.17, 15) is 12.6 Å². The smallest absolute Gasteiger partial charge is 0.237 e. The Hall–Kier alpha value is 0.232. The topological polar surface area (TPSA) is 169 Å². The third-order valence-electron chi connectivity index (χ3n) is 14.7. The lowest BCUT2D eigenvalue weighted by Gasteiger charge is -2.38. The molecule has 50 heavy (non-hydrogen) atoms. The van der Waals surface area contributed by atoms with Crippen molar-refractivity contribution in [1.82, 2.24) is 47.4 Å². The van der Waals surface area contributed by atoms with Crippen molar-refractivity contribution in [3.8, 4) is 0 Å². The van der Waals surface area contributed by atoms with Crippen LogP contribution in [0.25, 0.3) is 0 Å². The maximum atomic E-state index is 13.9. The Bertz CT molecular complexity index is 1340. The SMILES string of the molecule is CCS(=O)ONS(=O)(=O)C1CCCC2C3NC4NC(NC5NC(NC6NC(NC(N3)C21)C1CCCCC61)C1CCCCC51)C1CCCCC41.[AlH3]. The third kappa shape index (κ3) is 6.86. The normalized spacial score (nSPS) is 50.7. The monoisotopic (exact) mass is 753 g/mol. The lowest BCUT2D eigenvalue weighted by atomic mass is 9.76. The first-order chi connectivity index (χ1) is 23.9. The highest BCUT2D eigenvalue weighted by Gasteiger charge is 2.57. The van der Waals surface area contributed by atoms with Gasteiger partial charge >= 0.3 is 0 Å². The van der Waals surface area contributed by atoms with E-state index in [1.54, 1.807) is 6.92 Å². The van der Waals surface area contributed by atoms with Crippen LogP contribution in [-0.4, -0.2) is 90.3 Å². The summed E-state index contributed by atoms with van der Waals surface area (Å²) in [6, 6.07) is 0. The summed E-state index contributed by atoms with van der Waals surface area (Å²) in [5, 5.41) is 32.1. The van der Waals surface area contributed by atoms with Crippen LogP contribution in [0.2, 0.25) is 0 Å². The van der Waals surface area contributed by atoms with Gasteiger partial charge in [0.2, 0.25) is 10.0 Å². The lowest BCUT2D eigenvalue weighted by Crippen LogP contribution is -2.62. The Labute approximate surface area is 312 Å². The maximum Gasteiger partial charge on any atom is 0.237 e. The van der Waals surface area contributed by atoms with Crippen molar-refractivity contribution in [3.05, 3.63) is 0 Å². The van der Waals surface area contributed by atoms with Crippen molar-refractivity contribution in [2.75, 3.05) is 5.75 Å². The number of nitrogens with one attached hydrogen (secondary N) is 9. The van der Waals surface area contributed by atoms with E-state index >= 15 is 0 Å². The zero-order chi connectivity index (χ0) is 33.3. The van der Waals surface area contributed by atoms with Gasteiger partial charge in [-0.15, -0.1) is 0 Å². The van der Waals surface area contributed by atoms with Crippen LogP contribution in [0.5, 0.6) is 0 Å². The molecule has 5 saturated heterocycles. The molecule has 0 amide bonds. The van der Waals surface area contributed by atoms with Crippen LogP contribution in [0.15, 0.2) is 0 Å². The Kier molecular flexibility index (Phi) is 11.5. The fraction of sp³-hybridized carbons (Fsp3) is 1.00. The van der Waals surface area contributed by atoms with E-state index in [0.717, 1.165) is 12.8 Å². The first kappa shape index (κ1) is 37.2. The van der Waals surface area contributed by atoms with Crippen molar-refractivity contribution in [2.45, 2.75) is 158 Å². The molecule has 9 fully saturated rings. The number of fused-ring (bicyclic) bond motifs is 20. The van der Waals surface area contributed by atoms with Gasteiger partial charge in [-0.3, -0.25) is 42.5 Å². The molecule has 4 aliphatic carbocycles. The molecule has 0 radical (unpaired) electrons. The average molecular weight is 754 g/mol. The average Bonchev–Trinajstić information content (AvgIpc) is 3.86. The van der Waals surface area contributed by atoms with Crippen molar-refractivity contribution < 1.29 is 16.9 Å². The van der Waals surface area contributed by atoms with Gasteiger partial charge in [0.05, 0.1) is 54.6 Å². The molecule has 18 atom stereocenters. The molecule has 0 aromatic carbocycles. The standard InChI is InChI=1S/C34H61N9O4S2.Al.3H/c1-2-48(44)47-43-49(45,46)25-17-9-16-24-26(25)34-41-32-23-15-8-7-14-22(23)30(39-32)37-28-19-11-4-3-10-18(19)27(35-28)36-29-20-12-5-6-13-21(20)31(38-29)40-33(24)42-34;;;;/h18-43H,2-17H2,1H3;;;;. The highest BCUT2D eigenvalue weighted by atomic mass is 32.2. The van der Waals surface area contributed by atoms with Gasteiger partial charge in [-0.05, 0) is 92.8 Å². The molecule has 4 saturated carbocycles. The van der Waals surface area contributed by atoms with E-state index in [1.165, 1.54) is 77.0 Å². The summed E-state index contributed by atoms with van der Waals surface area (Å²) in [6.07, 6.45) is 18.6. The molecule has 18 unspecified atom stereocenters. The van der Waals surface area contributed by atoms with Crippen LogP contribution in [-0.2, 0) is 25.4 Å². The Morgan fingerprint density at radius 1 is 0.520 bits per heavy atom. The quantitative estimate of drug-likeness (QED) is 0.136. The molecule has 0 aromatic heterocycles. The second-order valence-electron chi connectivity index (χ2n) is 17.0. The molecule has 5 aliphatic heterocycles. The van der Waals surface area contributed by atoms with Gasteiger partial charge in [-0.1, -0.05) is 56.8 Å². The molecular weight excluding hydrogens is 690 g/mol. The van der Waals surface area contributed by atoms with Gasteiger partial charge in [0.15, 0.2) is 28.4 Å². The Morgan fingerprint density at radius 3 is 1.20 bits per heavy atom. The van der Waals surface area contributed by atoms with Gasteiger partial charge in [0.25, 0.3) is 0 Å². The summed E-state index contributed by atoms with van der Waals surface area (Å²) in [7, 11) is -3.88. The third-order valence-corrected chi connectivity index (χ3v) is 17.2. The van der Waals surface area contributed by atoms with Crippen LogP contribution < -0.4 is 47.4 Å². The first-order valence-electron chi connectivity index (χ1n) is 20.0. The Morgan fingerprint density at radius 2 is 0.840 bits per heavy atom. The zero-order valence-corrected chi connectivity index (χ0v) is 30.7. The minimum absolute atomic E-state index is 0. The van der Waals surface area contributed by atoms with E-state index in [2.05, 4.69) is 47.4 Å². The molecule has 0 spiro atoms. The molecule has 13 nitrogen and oxygen atoms in total. The van der Waals surface area contributed by atoms with Crippen molar-refractivity contribution in [3.63, 3.8) is 0 Å². The molecule has 9 aliphatic rings. The maximum absolute atomic E-state index is 13.9. The van der Waals surface area contributed by atoms with E-state index in [0.29, 0.717) is 48.1 Å². The van der Waals surface area contributed by atoms with Crippen LogP contribution >= 0.6 is 0 Å². The molecule has 16 heteroatoms. The van der Waals surface area contributed by atoms with Crippen molar-refractivity contribution >= 4 is 38.5 Å². The summed E-state index contributed by atoms with van der Waals surface area (Å²) in [4.78, 5) is 2.30. The highest BCUT2D eigenvalue weighted by Crippen LogP contribution is 2.46. The first-order valence-corrected chi connectivity index (χ1v) is 22.8. The van der Waals surface area contributed by atoms with Gasteiger partial charge in [-0.2, -0.15) is 4.28 Å². The van der Waals surface area contributed by atoms with Gasteiger partial charge in [0, 0.05) is 11.7 Å². The number of hydrogen-bond donors (Lipinski definition) is 9.